The van der Waals surface area contributed by atoms with Gasteiger partial charge in [-0.05, 0) is 86.5 Å². The number of benzene rings is 1. The number of carbonyl (C=O) groups excluding carboxylic acids is 1. The van der Waals surface area contributed by atoms with Gasteiger partial charge in [-0.1, -0.05) is 0 Å². The molecule has 22 heavy (non-hydrogen) atoms. The first-order valence-electron chi connectivity index (χ1n) is 8.02. The van der Waals surface area contributed by atoms with E-state index < -0.39 is 0 Å². The average Bonchev–Trinajstić information content (AvgIpc) is 2.50. The first-order chi connectivity index (χ1) is 10.5. The molecule has 1 atom stereocenters. The van der Waals surface area contributed by atoms with Crippen molar-refractivity contribution in [2.45, 2.75) is 38.8 Å². The van der Waals surface area contributed by atoms with Gasteiger partial charge in [-0.15, -0.1) is 0 Å². The van der Waals surface area contributed by atoms with E-state index >= 15 is 0 Å². The molecule has 1 N–H and O–H groups in total. The molecule has 3 aliphatic rings. The molecule has 3 saturated heterocycles. The fourth-order valence-electron chi connectivity index (χ4n) is 3.41. The summed E-state index contributed by atoms with van der Waals surface area (Å²) in [6, 6.07) is 6.06. The van der Waals surface area contributed by atoms with Crippen molar-refractivity contribution < 1.29 is 9.53 Å². The topological polar surface area (TPSA) is 41.6 Å². The van der Waals surface area contributed by atoms with Gasteiger partial charge in [0.05, 0.1) is 11.7 Å². The largest absolute Gasteiger partial charge is 0.490 e. The number of amides is 1. The Morgan fingerprint density at radius 2 is 2.09 bits per heavy atom. The maximum absolute atomic E-state index is 12.7. The van der Waals surface area contributed by atoms with E-state index in [-0.39, 0.29) is 18.1 Å². The van der Waals surface area contributed by atoms with Gasteiger partial charge in [0.15, 0.2) is 0 Å². The molecule has 1 aromatic carbocycles. The Morgan fingerprint density at radius 1 is 1.36 bits per heavy atom. The summed E-state index contributed by atoms with van der Waals surface area (Å²) in [7, 11) is 0. The van der Waals surface area contributed by atoms with Crippen molar-refractivity contribution in [2.75, 3.05) is 19.6 Å². The lowest BCUT2D eigenvalue weighted by molar-refractivity contribution is 0.0618. The summed E-state index contributed by atoms with van der Waals surface area (Å²) in [5, 5.41) is 3.24. The zero-order valence-electron chi connectivity index (χ0n) is 13.1. The van der Waals surface area contributed by atoms with E-state index in [9.17, 15) is 4.79 Å². The molecule has 2 bridgehead atoms. The van der Waals surface area contributed by atoms with E-state index in [1.807, 2.05) is 32.0 Å². The van der Waals surface area contributed by atoms with Crippen LogP contribution in [0.4, 0.5) is 0 Å². The molecule has 0 saturated carbocycles. The molecule has 3 fully saturated rings. The monoisotopic (exact) mass is 414 g/mol. The third-order valence-electron chi connectivity index (χ3n) is 4.52. The molecule has 1 unspecified atom stereocenters. The number of hydrogen-bond acceptors (Lipinski definition) is 3. The van der Waals surface area contributed by atoms with Crippen LogP contribution in [-0.2, 0) is 0 Å². The highest BCUT2D eigenvalue weighted by Crippen LogP contribution is 2.28. The lowest BCUT2D eigenvalue weighted by atomic mass is 9.84. The van der Waals surface area contributed by atoms with Gasteiger partial charge in [0, 0.05) is 16.2 Å². The van der Waals surface area contributed by atoms with Crippen LogP contribution >= 0.6 is 22.6 Å². The summed E-state index contributed by atoms with van der Waals surface area (Å²) in [6.07, 6.45) is 2.46. The minimum absolute atomic E-state index is 0.00656. The van der Waals surface area contributed by atoms with Crippen molar-refractivity contribution in [3.63, 3.8) is 0 Å². The summed E-state index contributed by atoms with van der Waals surface area (Å²) >= 11 is 2.23. The second-order valence-electron chi connectivity index (χ2n) is 6.53. The van der Waals surface area contributed by atoms with E-state index in [2.05, 4.69) is 32.8 Å². The number of nitrogens with zero attached hydrogens (tertiary/aromatic N) is 1. The number of piperidine rings is 3. The number of nitrogens with one attached hydrogen (secondary N) is 1. The van der Waals surface area contributed by atoms with Gasteiger partial charge >= 0.3 is 0 Å². The highest BCUT2D eigenvalue weighted by Gasteiger charge is 2.35. The summed E-state index contributed by atoms with van der Waals surface area (Å²) in [4.78, 5) is 15.2. The van der Waals surface area contributed by atoms with Crippen molar-refractivity contribution in [3.05, 3.63) is 27.3 Å². The molecular weight excluding hydrogens is 391 g/mol. The third-order valence-corrected chi connectivity index (χ3v) is 5.19. The van der Waals surface area contributed by atoms with E-state index in [0.717, 1.165) is 10.1 Å². The second-order valence-corrected chi connectivity index (χ2v) is 7.77. The quantitative estimate of drug-likeness (QED) is 0.771. The van der Waals surface area contributed by atoms with Crippen LogP contribution in [0.15, 0.2) is 18.2 Å². The second kappa shape index (κ2) is 6.74. The van der Waals surface area contributed by atoms with Crippen molar-refractivity contribution in [2.24, 2.45) is 5.92 Å². The maximum atomic E-state index is 12.7. The third kappa shape index (κ3) is 3.56. The molecule has 4 nitrogen and oxygen atoms in total. The number of fused-ring (bicyclic) bond motifs is 3. The predicted octanol–water partition coefficient (Wildman–Crippen LogP) is 2.90. The lowest BCUT2D eigenvalue weighted by Gasteiger charge is -2.44. The molecule has 4 rings (SSSR count). The molecule has 1 aromatic rings. The van der Waals surface area contributed by atoms with Crippen LogP contribution in [-0.4, -0.2) is 42.6 Å². The normalized spacial score (nSPS) is 27.0. The van der Waals surface area contributed by atoms with Gasteiger partial charge in [0.2, 0.25) is 0 Å². The van der Waals surface area contributed by atoms with Crippen LogP contribution in [0.2, 0.25) is 0 Å². The van der Waals surface area contributed by atoms with E-state index in [0.29, 0.717) is 17.2 Å². The van der Waals surface area contributed by atoms with E-state index in [1.165, 1.54) is 25.9 Å². The van der Waals surface area contributed by atoms with Crippen LogP contribution in [0.1, 0.15) is 37.0 Å². The Labute approximate surface area is 145 Å². The number of carbonyl (C=O) groups is 1. The molecule has 120 valence electrons. The van der Waals surface area contributed by atoms with Crippen LogP contribution in [0.25, 0.3) is 0 Å². The molecule has 1 amide bonds. The lowest BCUT2D eigenvalue weighted by Crippen LogP contribution is -2.57. The van der Waals surface area contributed by atoms with Crippen LogP contribution in [0.5, 0.6) is 5.75 Å². The Hall–Kier alpha value is -0.820. The predicted molar refractivity (Wildman–Crippen MR) is 95.3 cm³/mol. The Morgan fingerprint density at radius 3 is 2.68 bits per heavy atom. The van der Waals surface area contributed by atoms with Gasteiger partial charge in [0.25, 0.3) is 5.91 Å². The molecule has 3 aliphatic heterocycles. The maximum Gasteiger partial charge on any atom is 0.255 e. The molecule has 3 heterocycles. The number of rotatable bonds is 4. The van der Waals surface area contributed by atoms with E-state index in [1.54, 1.807) is 0 Å². The minimum atomic E-state index is -0.00656. The molecule has 0 aromatic heterocycles. The number of hydrogen-bond donors (Lipinski definition) is 1. The van der Waals surface area contributed by atoms with E-state index in [4.69, 9.17) is 4.74 Å². The Balaban J connectivity index is 1.75. The molecular formula is C17H23IN2O2. The molecule has 0 aliphatic carbocycles. The number of halogens is 1. The van der Waals surface area contributed by atoms with Gasteiger partial charge < -0.3 is 15.0 Å². The Kier molecular flexibility index (Phi) is 4.92. The van der Waals surface area contributed by atoms with Crippen LogP contribution in [0.3, 0.4) is 0 Å². The van der Waals surface area contributed by atoms with Gasteiger partial charge in [0.1, 0.15) is 5.75 Å². The van der Waals surface area contributed by atoms with Crippen LogP contribution < -0.4 is 10.1 Å². The first kappa shape index (κ1) is 16.1. The fourth-order valence-corrected chi connectivity index (χ4v) is 3.90. The highest BCUT2D eigenvalue weighted by molar-refractivity contribution is 14.1. The van der Waals surface area contributed by atoms with Crippen molar-refractivity contribution >= 4 is 28.5 Å². The fraction of sp³-hybridized carbons (Fsp3) is 0.588. The summed E-state index contributed by atoms with van der Waals surface area (Å²) in [6.45, 7) is 7.31. The summed E-state index contributed by atoms with van der Waals surface area (Å²) in [5.74, 6) is 1.30. The first-order valence-corrected chi connectivity index (χ1v) is 9.10. The minimum Gasteiger partial charge on any atom is -0.490 e. The van der Waals surface area contributed by atoms with Crippen LogP contribution in [0, 0.1) is 9.49 Å². The van der Waals surface area contributed by atoms with Gasteiger partial charge in [-0.2, -0.15) is 0 Å². The van der Waals surface area contributed by atoms with Crippen molar-refractivity contribution in [1.82, 2.24) is 10.2 Å². The van der Waals surface area contributed by atoms with Gasteiger partial charge in [-0.3, -0.25) is 4.79 Å². The van der Waals surface area contributed by atoms with Crippen molar-refractivity contribution in [3.8, 4) is 5.75 Å². The van der Waals surface area contributed by atoms with Crippen molar-refractivity contribution in [1.29, 1.82) is 0 Å². The zero-order valence-corrected chi connectivity index (χ0v) is 15.3. The number of ether oxygens (including phenoxy) is 1. The molecule has 5 heteroatoms. The zero-order chi connectivity index (χ0) is 15.7. The molecule has 0 radical (unpaired) electrons. The smallest absolute Gasteiger partial charge is 0.255 e. The highest BCUT2D eigenvalue weighted by atomic mass is 127. The standard InChI is InChI=1S/C17H23IN2O2/c1-11(2)22-16-4-3-13(18)9-14(16)17(21)19-15-10-20-7-5-12(15)6-8-20/h3-4,9,11-12,15H,5-8,10H2,1-2H3,(H,19,21). The summed E-state index contributed by atoms with van der Waals surface area (Å²) in [5.41, 5.74) is 0.650. The summed E-state index contributed by atoms with van der Waals surface area (Å²) < 4.78 is 6.85. The average molecular weight is 414 g/mol. The SMILES string of the molecule is CC(C)Oc1ccc(I)cc1C(=O)NC1CN2CCC1CC2. The Bertz CT molecular complexity index is 554. The molecule has 0 spiro atoms. The van der Waals surface area contributed by atoms with Gasteiger partial charge in [-0.25, -0.2) is 0 Å².